The van der Waals surface area contributed by atoms with E-state index < -0.39 is 0 Å². The monoisotopic (exact) mass is 264 g/mol. The molecule has 0 atom stereocenters. The normalized spacial score (nSPS) is 10.3. The Morgan fingerprint density at radius 3 is 2.32 bits per heavy atom. The maximum absolute atomic E-state index is 12.0. The molecule has 0 saturated carbocycles. The minimum atomic E-state index is -0.314. The summed E-state index contributed by atoms with van der Waals surface area (Å²) < 4.78 is 0. The molecule has 0 radical (unpaired) electrons. The van der Waals surface area contributed by atoms with Crippen LogP contribution in [0.1, 0.15) is 11.1 Å². The molecule has 3 N–H and O–H groups in total. The van der Waals surface area contributed by atoms with Gasteiger partial charge >= 0.3 is 6.03 Å². The van der Waals surface area contributed by atoms with Gasteiger partial charge in [0.25, 0.3) is 0 Å². The van der Waals surface area contributed by atoms with Crippen molar-refractivity contribution in [3.8, 4) is 0 Å². The highest BCUT2D eigenvalue weighted by Gasteiger charge is 2.15. The summed E-state index contributed by atoms with van der Waals surface area (Å²) in [6, 6.07) is 3.54. The smallest absolute Gasteiger partial charge is 0.322 e. The summed E-state index contributed by atoms with van der Waals surface area (Å²) in [6.45, 7) is 4.19. The second-order valence-electron chi connectivity index (χ2n) is 4.54. The summed E-state index contributed by atoms with van der Waals surface area (Å²) in [6.07, 6.45) is 0. The van der Waals surface area contributed by atoms with Gasteiger partial charge in [0.1, 0.15) is 7.85 Å². The second kappa shape index (κ2) is 7.16. The van der Waals surface area contributed by atoms with Gasteiger partial charge in [0.2, 0.25) is 0 Å². The average molecular weight is 264 g/mol. The molecule has 19 heavy (non-hydrogen) atoms. The third kappa shape index (κ3) is 3.97. The Labute approximate surface area is 114 Å². The molecule has 0 spiro atoms. The molecule has 104 valence electrons. The van der Waals surface area contributed by atoms with E-state index in [1.54, 1.807) is 0 Å². The van der Waals surface area contributed by atoms with Gasteiger partial charge in [0.05, 0.1) is 19.8 Å². The van der Waals surface area contributed by atoms with E-state index in [9.17, 15) is 4.79 Å². The van der Waals surface area contributed by atoms with Crippen molar-refractivity contribution in [2.75, 3.05) is 31.2 Å². The lowest BCUT2D eigenvalue weighted by molar-refractivity contribution is 0.235. The summed E-state index contributed by atoms with van der Waals surface area (Å²) in [5, 5.41) is 20.4. The number of aliphatic hydroxyl groups is 2. The van der Waals surface area contributed by atoms with Gasteiger partial charge < -0.3 is 15.5 Å². The molecule has 0 saturated heterocycles. The number of carbonyl (C=O) groups is 1. The van der Waals surface area contributed by atoms with Crippen molar-refractivity contribution in [3.05, 3.63) is 23.3 Å². The minimum absolute atomic E-state index is 0.106. The number of aliphatic hydroxyl groups excluding tert-OH is 2. The van der Waals surface area contributed by atoms with E-state index in [2.05, 4.69) is 5.32 Å². The van der Waals surface area contributed by atoms with E-state index in [0.29, 0.717) is 0 Å². The van der Waals surface area contributed by atoms with Crippen LogP contribution >= 0.6 is 0 Å². The number of benzene rings is 1. The van der Waals surface area contributed by atoms with E-state index in [1.165, 1.54) is 10.4 Å². The third-order valence-electron chi connectivity index (χ3n) is 3.18. The summed E-state index contributed by atoms with van der Waals surface area (Å²) in [5.41, 5.74) is 4.16. The topological polar surface area (TPSA) is 72.8 Å². The Kier molecular flexibility index (Phi) is 5.85. The zero-order chi connectivity index (χ0) is 14.4. The first-order valence-corrected chi connectivity index (χ1v) is 6.36. The highest BCUT2D eigenvalue weighted by atomic mass is 16.3. The Hall–Kier alpha value is -1.53. The fourth-order valence-corrected chi connectivity index (χ4v) is 1.87. The lowest BCUT2D eigenvalue weighted by Crippen LogP contribution is -2.43. The highest BCUT2D eigenvalue weighted by molar-refractivity contribution is 6.34. The molecule has 2 amide bonds. The number of hydrogen-bond donors (Lipinski definition) is 3. The predicted octanol–water partition coefficient (Wildman–Crippen LogP) is -0.938. The van der Waals surface area contributed by atoms with Gasteiger partial charge in [0, 0.05) is 12.2 Å². The Morgan fingerprint density at radius 1 is 1.26 bits per heavy atom. The molecular formula is C13H21BN2O3. The standard InChI is InChI=1S/C13H21BN2O3/c1-9-7-11(8-10(2)12(9)14)16(4-6-18)13(19)15-3-5-17/h7-8,17-18H,3-6,14H2,1-2H3,(H,15,19). The minimum Gasteiger partial charge on any atom is -0.395 e. The SMILES string of the molecule is Bc1c(C)cc(N(CCO)C(=O)NCCO)cc1C. The van der Waals surface area contributed by atoms with Crippen molar-refractivity contribution in [2.24, 2.45) is 0 Å². The Bertz CT molecular complexity index is 429. The van der Waals surface area contributed by atoms with Crippen molar-refractivity contribution in [2.45, 2.75) is 13.8 Å². The molecule has 0 aliphatic rings. The number of rotatable bonds is 5. The van der Waals surface area contributed by atoms with E-state index in [4.69, 9.17) is 10.2 Å². The summed E-state index contributed by atoms with van der Waals surface area (Å²) in [7, 11) is 2.04. The van der Waals surface area contributed by atoms with Crippen molar-refractivity contribution >= 4 is 25.0 Å². The number of urea groups is 1. The zero-order valence-corrected chi connectivity index (χ0v) is 11.7. The van der Waals surface area contributed by atoms with Crippen LogP contribution < -0.4 is 15.7 Å². The molecular weight excluding hydrogens is 243 g/mol. The van der Waals surface area contributed by atoms with E-state index in [1.807, 2.05) is 33.8 Å². The van der Waals surface area contributed by atoms with Crippen LogP contribution in [0.25, 0.3) is 0 Å². The first-order chi connectivity index (χ1) is 9.01. The Balaban J connectivity index is 3.01. The molecule has 0 heterocycles. The van der Waals surface area contributed by atoms with E-state index in [-0.39, 0.29) is 32.3 Å². The maximum Gasteiger partial charge on any atom is 0.322 e. The average Bonchev–Trinajstić information content (AvgIpc) is 2.38. The van der Waals surface area contributed by atoms with Gasteiger partial charge in [-0.3, -0.25) is 4.90 Å². The van der Waals surface area contributed by atoms with Gasteiger partial charge in [-0.2, -0.15) is 0 Å². The van der Waals surface area contributed by atoms with Crippen LogP contribution in [0.2, 0.25) is 0 Å². The zero-order valence-electron chi connectivity index (χ0n) is 11.7. The number of hydrogen-bond acceptors (Lipinski definition) is 3. The molecule has 0 fully saturated rings. The number of nitrogens with zero attached hydrogens (tertiary/aromatic N) is 1. The van der Waals surface area contributed by atoms with Crippen LogP contribution in [0.5, 0.6) is 0 Å². The lowest BCUT2D eigenvalue weighted by atomic mass is 9.86. The molecule has 1 rings (SSSR count). The van der Waals surface area contributed by atoms with Crippen LogP contribution in [-0.4, -0.2) is 50.4 Å². The maximum atomic E-state index is 12.0. The predicted molar refractivity (Wildman–Crippen MR) is 79.0 cm³/mol. The van der Waals surface area contributed by atoms with Crippen LogP contribution in [0.15, 0.2) is 12.1 Å². The quantitative estimate of drug-likeness (QED) is 0.601. The van der Waals surface area contributed by atoms with Gasteiger partial charge in [-0.25, -0.2) is 4.79 Å². The Morgan fingerprint density at radius 2 is 1.84 bits per heavy atom. The number of carbonyl (C=O) groups excluding carboxylic acids is 1. The molecule has 0 aliphatic heterocycles. The van der Waals surface area contributed by atoms with Crippen LogP contribution in [0, 0.1) is 13.8 Å². The van der Waals surface area contributed by atoms with E-state index >= 15 is 0 Å². The van der Waals surface area contributed by atoms with Gasteiger partial charge in [-0.15, -0.1) is 0 Å². The third-order valence-corrected chi connectivity index (χ3v) is 3.18. The number of nitrogens with one attached hydrogen (secondary N) is 1. The molecule has 6 heteroatoms. The fraction of sp³-hybridized carbons (Fsp3) is 0.462. The van der Waals surface area contributed by atoms with Crippen molar-refractivity contribution in [3.63, 3.8) is 0 Å². The second-order valence-corrected chi connectivity index (χ2v) is 4.54. The highest BCUT2D eigenvalue weighted by Crippen LogP contribution is 2.17. The molecule has 1 aromatic carbocycles. The molecule has 0 aromatic heterocycles. The first kappa shape index (κ1) is 15.5. The van der Waals surface area contributed by atoms with Crippen molar-refractivity contribution in [1.82, 2.24) is 5.32 Å². The summed E-state index contributed by atoms with van der Waals surface area (Å²) >= 11 is 0. The first-order valence-electron chi connectivity index (χ1n) is 6.36. The molecule has 5 nitrogen and oxygen atoms in total. The largest absolute Gasteiger partial charge is 0.395 e. The molecule has 0 unspecified atom stereocenters. The fourth-order valence-electron chi connectivity index (χ4n) is 1.87. The number of amides is 2. The summed E-state index contributed by atoms with van der Waals surface area (Å²) in [4.78, 5) is 13.5. The van der Waals surface area contributed by atoms with Gasteiger partial charge in [-0.05, 0) is 26.0 Å². The van der Waals surface area contributed by atoms with Gasteiger partial charge in [-0.1, -0.05) is 16.6 Å². The molecule has 0 bridgehead atoms. The van der Waals surface area contributed by atoms with Crippen LogP contribution in [0.3, 0.4) is 0 Å². The van der Waals surface area contributed by atoms with Crippen molar-refractivity contribution in [1.29, 1.82) is 0 Å². The van der Waals surface area contributed by atoms with Crippen LogP contribution in [-0.2, 0) is 0 Å². The van der Waals surface area contributed by atoms with E-state index in [0.717, 1.165) is 16.8 Å². The number of aryl methyl sites for hydroxylation is 2. The molecule has 0 aliphatic carbocycles. The summed E-state index contributed by atoms with van der Waals surface area (Å²) in [5.74, 6) is 0. The lowest BCUT2D eigenvalue weighted by Gasteiger charge is -2.24. The van der Waals surface area contributed by atoms with Crippen molar-refractivity contribution < 1.29 is 15.0 Å². The van der Waals surface area contributed by atoms with Gasteiger partial charge in [0.15, 0.2) is 0 Å². The number of anilines is 1. The van der Waals surface area contributed by atoms with Crippen LogP contribution in [0.4, 0.5) is 10.5 Å². The molecule has 1 aromatic rings.